The molecule has 4 rings (SSSR count). The van der Waals surface area contributed by atoms with E-state index in [0.717, 1.165) is 67.8 Å². The van der Waals surface area contributed by atoms with Crippen LogP contribution < -0.4 is 4.74 Å². The van der Waals surface area contributed by atoms with Gasteiger partial charge in [0.15, 0.2) is 5.76 Å². The minimum absolute atomic E-state index is 0.0660. The number of hydrogen-bond donors (Lipinski definition) is 0. The monoisotopic (exact) mass is 370 g/mol. The summed E-state index contributed by atoms with van der Waals surface area (Å²) in [6, 6.07) is 9.63. The molecule has 0 N–H and O–H groups in total. The van der Waals surface area contributed by atoms with E-state index in [1.807, 2.05) is 35.2 Å². The van der Waals surface area contributed by atoms with Crippen LogP contribution in [0.3, 0.4) is 0 Å². The number of likely N-dealkylation sites (tertiary alicyclic amines) is 1. The van der Waals surface area contributed by atoms with E-state index in [4.69, 9.17) is 14.0 Å². The lowest BCUT2D eigenvalue weighted by Gasteiger charge is -2.30. The van der Waals surface area contributed by atoms with Gasteiger partial charge in [0.1, 0.15) is 17.5 Å². The molecule has 0 saturated carbocycles. The van der Waals surface area contributed by atoms with Crippen LogP contribution in [0.15, 0.2) is 34.9 Å². The summed E-state index contributed by atoms with van der Waals surface area (Å²) in [5.41, 5.74) is 1.75. The third-order valence-corrected chi connectivity index (χ3v) is 5.48. The largest absolute Gasteiger partial charge is 0.497 e. The molecule has 2 atom stereocenters. The van der Waals surface area contributed by atoms with Gasteiger partial charge in [0.05, 0.1) is 13.2 Å². The summed E-state index contributed by atoms with van der Waals surface area (Å²) < 4.78 is 16.5. The summed E-state index contributed by atoms with van der Waals surface area (Å²) in [4.78, 5) is 15.0. The van der Waals surface area contributed by atoms with Crippen LogP contribution >= 0.6 is 0 Å². The summed E-state index contributed by atoms with van der Waals surface area (Å²) in [5, 5.41) is 4.25. The molecule has 2 aliphatic rings. The highest BCUT2D eigenvalue weighted by Crippen LogP contribution is 2.34. The SMILES string of the molecule is COc1ccc(-c2cc([C@@H]3CCCCCN3C(=O)[C@@H]3CCCO3)on2)cc1. The number of rotatable bonds is 4. The van der Waals surface area contributed by atoms with Crippen LogP contribution in [-0.2, 0) is 9.53 Å². The predicted molar refractivity (Wildman–Crippen MR) is 100 cm³/mol. The van der Waals surface area contributed by atoms with Crippen molar-refractivity contribution in [1.82, 2.24) is 10.1 Å². The van der Waals surface area contributed by atoms with Crippen LogP contribution in [0.25, 0.3) is 11.3 Å². The Labute approximate surface area is 159 Å². The lowest BCUT2D eigenvalue weighted by molar-refractivity contribution is -0.144. The molecule has 144 valence electrons. The molecule has 0 aliphatic carbocycles. The number of aromatic nitrogens is 1. The molecule has 2 aromatic rings. The summed E-state index contributed by atoms with van der Waals surface area (Å²) in [6.45, 7) is 1.43. The molecular formula is C21H26N2O4. The molecule has 2 fully saturated rings. The molecule has 0 bridgehead atoms. The van der Waals surface area contributed by atoms with Crippen molar-refractivity contribution in [3.8, 4) is 17.0 Å². The number of ether oxygens (including phenoxy) is 2. The van der Waals surface area contributed by atoms with Crippen LogP contribution in [0, 0.1) is 0 Å². The summed E-state index contributed by atoms with van der Waals surface area (Å²) in [7, 11) is 1.65. The molecule has 27 heavy (non-hydrogen) atoms. The molecule has 6 heteroatoms. The zero-order valence-electron chi connectivity index (χ0n) is 15.7. The Morgan fingerprint density at radius 3 is 2.74 bits per heavy atom. The predicted octanol–water partition coefficient (Wildman–Crippen LogP) is 3.97. The van der Waals surface area contributed by atoms with Gasteiger partial charge in [-0.2, -0.15) is 0 Å². The molecule has 1 amide bonds. The number of methoxy groups -OCH3 is 1. The number of nitrogens with zero attached hydrogens (tertiary/aromatic N) is 2. The van der Waals surface area contributed by atoms with E-state index in [2.05, 4.69) is 5.16 Å². The molecule has 0 unspecified atom stereocenters. The second kappa shape index (κ2) is 8.13. The van der Waals surface area contributed by atoms with E-state index in [1.54, 1.807) is 7.11 Å². The molecule has 2 aliphatic heterocycles. The van der Waals surface area contributed by atoms with Crippen molar-refractivity contribution in [3.63, 3.8) is 0 Å². The second-order valence-electron chi connectivity index (χ2n) is 7.24. The van der Waals surface area contributed by atoms with E-state index in [9.17, 15) is 4.79 Å². The molecule has 6 nitrogen and oxygen atoms in total. The first kappa shape index (κ1) is 18.0. The normalized spacial score (nSPS) is 23.2. The lowest BCUT2D eigenvalue weighted by Crippen LogP contribution is -2.41. The summed E-state index contributed by atoms with van der Waals surface area (Å²) in [5.74, 6) is 1.66. The van der Waals surface area contributed by atoms with Crippen LogP contribution in [0.5, 0.6) is 5.75 Å². The molecule has 0 spiro atoms. The van der Waals surface area contributed by atoms with E-state index < -0.39 is 0 Å². The standard InChI is InChI=1S/C21H26N2O4/c1-25-16-10-8-15(9-11-16)17-14-20(27-22-17)18-6-3-2-4-12-23(18)21(24)19-7-5-13-26-19/h8-11,14,18-19H,2-7,12-13H2,1H3/t18-,19-/m0/s1. The fourth-order valence-electron chi connectivity index (χ4n) is 3.97. The highest BCUT2D eigenvalue weighted by Gasteiger charge is 2.35. The Balaban J connectivity index is 1.57. The molecule has 3 heterocycles. The zero-order chi connectivity index (χ0) is 18.6. The van der Waals surface area contributed by atoms with Crippen molar-refractivity contribution in [2.45, 2.75) is 50.7 Å². The minimum Gasteiger partial charge on any atom is -0.497 e. The van der Waals surface area contributed by atoms with Gasteiger partial charge in [0, 0.05) is 24.8 Å². The van der Waals surface area contributed by atoms with Crippen molar-refractivity contribution < 1.29 is 18.8 Å². The number of amides is 1. The fourth-order valence-corrected chi connectivity index (χ4v) is 3.97. The Kier molecular flexibility index (Phi) is 5.43. The van der Waals surface area contributed by atoms with Crippen LogP contribution in [-0.4, -0.2) is 42.3 Å². The van der Waals surface area contributed by atoms with Gasteiger partial charge in [-0.25, -0.2) is 0 Å². The van der Waals surface area contributed by atoms with E-state index >= 15 is 0 Å². The van der Waals surface area contributed by atoms with Gasteiger partial charge in [-0.3, -0.25) is 4.79 Å². The van der Waals surface area contributed by atoms with Crippen molar-refractivity contribution in [3.05, 3.63) is 36.1 Å². The zero-order valence-corrected chi connectivity index (χ0v) is 15.7. The minimum atomic E-state index is -0.297. The van der Waals surface area contributed by atoms with Gasteiger partial charge in [-0.1, -0.05) is 18.0 Å². The molecule has 2 saturated heterocycles. The van der Waals surface area contributed by atoms with Gasteiger partial charge in [-0.05, 0) is 49.9 Å². The maximum atomic E-state index is 13.0. The smallest absolute Gasteiger partial charge is 0.252 e. The number of hydrogen-bond acceptors (Lipinski definition) is 5. The molecular weight excluding hydrogens is 344 g/mol. The highest BCUT2D eigenvalue weighted by atomic mass is 16.5. The van der Waals surface area contributed by atoms with Crippen molar-refractivity contribution >= 4 is 5.91 Å². The van der Waals surface area contributed by atoms with E-state index in [1.165, 1.54) is 0 Å². The molecule has 0 radical (unpaired) electrons. The number of benzene rings is 1. The van der Waals surface area contributed by atoms with E-state index in [-0.39, 0.29) is 18.1 Å². The average molecular weight is 370 g/mol. The van der Waals surface area contributed by atoms with Gasteiger partial charge >= 0.3 is 0 Å². The first-order valence-electron chi connectivity index (χ1n) is 9.79. The first-order valence-corrected chi connectivity index (χ1v) is 9.79. The van der Waals surface area contributed by atoms with E-state index in [0.29, 0.717) is 6.61 Å². The lowest BCUT2D eigenvalue weighted by atomic mass is 10.0. The van der Waals surface area contributed by atoms with Gasteiger partial charge in [0.2, 0.25) is 0 Å². The quantitative estimate of drug-likeness (QED) is 0.815. The molecule has 1 aromatic heterocycles. The van der Waals surface area contributed by atoms with Crippen LogP contribution in [0.4, 0.5) is 0 Å². The topological polar surface area (TPSA) is 64.8 Å². The first-order chi connectivity index (χ1) is 13.3. The summed E-state index contributed by atoms with van der Waals surface area (Å²) >= 11 is 0. The second-order valence-corrected chi connectivity index (χ2v) is 7.24. The van der Waals surface area contributed by atoms with Gasteiger partial charge < -0.3 is 18.9 Å². The Morgan fingerprint density at radius 2 is 2.00 bits per heavy atom. The Morgan fingerprint density at radius 1 is 1.15 bits per heavy atom. The van der Waals surface area contributed by atoms with Crippen molar-refractivity contribution in [1.29, 1.82) is 0 Å². The number of carbonyl (C=O) groups excluding carboxylic acids is 1. The Bertz CT molecular complexity index is 765. The maximum Gasteiger partial charge on any atom is 0.252 e. The maximum absolute atomic E-state index is 13.0. The van der Waals surface area contributed by atoms with Crippen molar-refractivity contribution in [2.75, 3.05) is 20.3 Å². The highest BCUT2D eigenvalue weighted by molar-refractivity contribution is 5.81. The molecule has 1 aromatic carbocycles. The average Bonchev–Trinajstić information content (AvgIpc) is 3.36. The summed E-state index contributed by atoms with van der Waals surface area (Å²) in [6.07, 6.45) is 5.61. The van der Waals surface area contributed by atoms with Crippen LogP contribution in [0.2, 0.25) is 0 Å². The third kappa shape index (κ3) is 3.86. The fraction of sp³-hybridized carbons (Fsp3) is 0.524. The van der Waals surface area contributed by atoms with Gasteiger partial charge in [0.25, 0.3) is 5.91 Å². The van der Waals surface area contributed by atoms with Crippen LogP contribution in [0.1, 0.15) is 50.3 Å². The van der Waals surface area contributed by atoms with Crippen molar-refractivity contribution in [2.24, 2.45) is 0 Å². The van der Waals surface area contributed by atoms with Gasteiger partial charge in [-0.15, -0.1) is 0 Å². The third-order valence-electron chi connectivity index (χ3n) is 5.48. The Hall–Kier alpha value is -2.34. The number of carbonyl (C=O) groups is 1.